The molecular formula is C12H19ClN2O. The molecule has 0 aliphatic carbocycles. The minimum absolute atomic E-state index is 0.526. The molecule has 0 spiro atoms. The molecule has 0 aliphatic heterocycles. The van der Waals surface area contributed by atoms with Crippen molar-refractivity contribution >= 4 is 17.3 Å². The lowest BCUT2D eigenvalue weighted by Gasteiger charge is -2.13. The SMILES string of the molecule is COc1ccc(Cl)cc1NCCC(C)CN. The summed E-state index contributed by atoms with van der Waals surface area (Å²) in [5.74, 6) is 1.34. The van der Waals surface area contributed by atoms with Crippen LogP contribution in [0.15, 0.2) is 18.2 Å². The second-order valence-electron chi connectivity index (χ2n) is 3.90. The molecule has 1 atom stereocenters. The summed E-state index contributed by atoms with van der Waals surface area (Å²) < 4.78 is 5.24. The van der Waals surface area contributed by atoms with Crippen LogP contribution in [-0.2, 0) is 0 Å². The van der Waals surface area contributed by atoms with Gasteiger partial charge in [-0.05, 0) is 37.1 Å². The van der Waals surface area contributed by atoms with Crippen LogP contribution in [0.1, 0.15) is 13.3 Å². The molecule has 0 saturated carbocycles. The van der Waals surface area contributed by atoms with E-state index in [0.29, 0.717) is 17.5 Å². The van der Waals surface area contributed by atoms with Crippen LogP contribution >= 0.6 is 11.6 Å². The topological polar surface area (TPSA) is 47.3 Å². The van der Waals surface area contributed by atoms with E-state index in [1.54, 1.807) is 7.11 Å². The first kappa shape index (κ1) is 13.1. The molecule has 1 aromatic rings. The number of nitrogens with one attached hydrogen (secondary N) is 1. The largest absolute Gasteiger partial charge is 0.495 e. The zero-order valence-electron chi connectivity index (χ0n) is 9.79. The van der Waals surface area contributed by atoms with E-state index in [4.69, 9.17) is 22.1 Å². The summed E-state index contributed by atoms with van der Waals surface area (Å²) in [6, 6.07) is 5.54. The van der Waals surface area contributed by atoms with Gasteiger partial charge in [0.25, 0.3) is 0 Å². The van der Waals surface area contributed by atoms with E-state index in [0.717, 1.165) is 24.4 Å². The molecule has 0 aromatic heterocycles. The van der Waals surface area contributed by atoms with Gasteiger partial charge in [-0.15, -0.1) is 0 Å². The fraction of sp³-hybridized carbons (Fsp3) is 0.500. The third-order valence-electron chi connectivity index (χ3n) is 2.52. The van der Waals surface area contributed by atoms with E-state index >= 15 is 0 Å². The number of ether oxygens (including phenoxy) is 1. The number of hydrogen-bond acceptors (Lipinski definition) is 3. The van der Waals surface area contributed by atoms with Crippen LogP contribution in [-0.4, -0.2) is 20.2 Å². The Hall–Kier alpha value is -0.930. The second-order valence-corrected chi connectivity index (χ2v) is 4.34. The van der Waals surface area contributed by atoms with Gasteiger partial charge in [-0.25, -0.2) is 0 Å². The summed E-state index contributed by atoms with van der Waals surface area (Å²) in [6.45, 7) is 3.72. The molecule has 1 rings (SSSR count). The molecule has 3 N–H and O–H groups in total. The third kappa shape index (κ3) is 3.91. The van der Waals surface area contributed by atoms with Crippen molar-refractivity contribution in [1.29, 1.82) is 0 Å². The summed E-state index contributed by atoms with van der Waals surface area (Å²) >= 11 is 5.93. The minimum atomic E-state index is 0.526. The Morgan fingerprint density at radius 1 is 1.50 bits per heavy atom. The van der Waals surface area contributed by atoms with E-state index in [1.165, 1.54) is 0 Å². The Labute approximate surface area is 102 Å². The molecule has 0 bridgehead atoms. The van der Waals surface area contributed by atoms with Crippen LogP contribution in [0.4, 0.5) is 5.69 Å². The molecular weight excluding hydrogens is 224 g/mol. The summed E-state index contributed by atoms with van der Waals surface area (Å²) in [5, 5.41) is 4.01. The van der Waals surface area contributed by atoms with Gasteiger partial charge in [-0.3, -0.25) is 0 Å². The van der Waals surface area contributed by atoms with Gasteiger partial charge < -0.3 is 15.8 Å². The molecule has 3 nitrogen and oxygen atoms in total. The summed E-state index contributed by atoms with van der Waals surface area (Å²) in [5.41, 5.74) is 6.49. The zero-order valence-corrected chi connectivity index (χ0v) is 10.6. The van der Waals surface area contributed by atoms with Crippen molar-refractivity contribution in [3.63, 3.8) is 0 Å². The van der Waals surface area contributed by atoms with Gasteiger partial charge in [-0.2, -0.15) is 0 Å². The molecule has 0 amide bonds. The van der Waals surface area contributed by atoms with Crippen LogP contribution in [0.5, 0.6) is 5.75 Å². The Morgan fingerprint density at radius 2 is 2.25 bits per heavy atom. The fourth-order valence-electron chi connectivity index (χ4n) is 1.39. The van der Waals surface area contributed by atoms with E-state index < -0.39 is 0 Å². The molecule has 1 aromatic carbocycles. The fourth-order valence-corrected chi connectivity index (χ4v) is 1.56. The number of hydrogen-bond donors (Lipinski definition) is 2. The lowest BCUT2D eigenvalue weighted by molar-refractivity contribution is 0.416. The van der Waals surface area contributed by atoms with Gasteiger partial charge >= 0.3 is 0 Å². The first-order valence-corrected chi connectivity index (χ1v) is 5.82. The Bertz CT molecular complexity index is 331. The predicted molar refractivity (Wildman–Crippen MR) is 69.3 cm³/mol. The van der Waals surface area contributed by atoms with Crippen molar-refractivity contribution in [2.24, 2.45) is 11.7 Å². The zero-order chi connectivity index (χ0) is 12.0. The maximum atomic E-state index is 5.93. The maximum absolute atomic E-state index is 5.93. The van der Waals surface area contributed by atoms with Crippen LogP contribution in [0.3, 0.4) is 0 Å². The number of halogens is 1. The monoisotopic (exact) mass is 242 g/mol. The third-order valence-corrected chi connectivity index (χ3v) is 2.75. The van der Waals surface area contributed by atoms with Gasteiger partial charge in [0.15, 0.2) is 0 Å². The van der Waals surface area contributed by atoms with Gasteiger partial charge in [0, 0.05) is 11.6 Å². The lowest BCUT2D eigenvalue weighted by Crippen LogP contribution is -2.15. The van der Waals surface area contributed by atoms with Crippen molar-refractivity contribution in [3.05, 3.63) is 23.2 Å². The van der Waals surface area contributed by atoms with Crippen molar-refractivity contribution < 1.29 is 4.74 Å². The highest BCUT2D eigenvalue weighted by Crippen LogP contribution is 2.27. The first-order valence-electron chi connectivity index (χ1n) is 5.45. The Balaban J connectivity index is 2.55. The van der Waals surface area contributed by atoms with E-state index in [-0.39, 0.29) is 0 Å². The minimum Gasteiger partial charge on any atom is -0.495 e. The van der Waals surface area contributed by atoms with Crippen molar-refractivity contribution in [1.82, 2.24) is 0 Å². The van der Waals surface area contributed by atoms with E-state index in [9.17, 15) is 0 Å². The van der Waals surface area contributed by atoms with Crippen LogP contribution in [0, 0.1) is 5.92 Å². The molecule has 16 heavy (non-hydrogen) atoms. The van der Waals surface area contributed by atoms with Crippen LogP contribution < -0.4 is 15.8 Å². The van der Waals surface area contributed by atoms with E-state index in [1.807, 2.05) is 18.2 Å². The van der Waals surface area contributed by atoms with Crippen LogP contribution in [0.2, 0.25) is 5.02 Å². The number of benzene rings is 1. The summed E-state index contributed by atoms with van der Waals surface area (Å²) in [7, 11) is 1.65. The molecule has 4 heteroatoms. The maximum Gasteiger partial charge on any atom is 0.142 e. The Kier molecular flexibility index (Phi) is 5.43. The molecule has 0 radical (unpaired) electrons. The van der Waals surface area contributed by atoms with Gasteiger partial charge in [0.2, 0.25) is 0 Å². The average Bonchev–Trinajstić information content (AvgIpc) is 2.29. The second kappa shape index (κ2) is 6.61. The molecule has 90 valence electrons. The highest BCUT2D eigenvalue weighted by atomic mass is 35.5. The molecule has 0 aliphatic rings. The van der Waals surface area contributed by atoms with Crippen molar-refractivity contribution in [2.45, 2.75) is 13.3 Å². The highest BCUT2D eigenvalue weighted by molar-refractivity contribution is 6.30. The smallest absolute Gasteiger partial charge is 0.142 e. The van der Waals surface area contributed by atoms with Gasteiger partial charge in [0.1, 0.15) is 5.75 Å². The first-order chi connectivity index (χ1) is 7.67. The lowest BCUT2D eigenvalue weighted by atomic mass is 10.1. The summed E-state index contributed by atoms with van der Waals surface area (Å²) in [6.07, 6.45) is 1.03. The molecule has 0 heterocycles. The standard InChI is InChI=1S/C12H19ClN2O/c1-9(8-14)5-6-15-11-7-10(13)3-4-12(11)16-2/h3-4,7,9,15H,5-6,8,14H2,1-2H3. The summed E-state index contributed by atoms with van der Waals surface area (Å²) in [4.78, 5) is 0. The van der Waals surface area contributed by atoms with Gasteiger partial charge in [-0.1, -0.05) is 18.5 Å². The molecule has 0 fully saturated rings. The molecule has 0 saturated heterocycles. The van der Waals surface area contributed by atoms with Gasteiger partial charge in [0.05, 0.1) is 12.8 Å². The molecule has 1 unspecified atom stereocenters. The average molecular weight is 243 g/mol. The predicted octanol–water partition coefficient (Wildman–Crippen LogP) is 2.75. The number of rotatable bonds is 6. The van der Waals surface area contributed by atoms with E-state index in [2.05, 4.69) is 12.2 Å². The van der Waals surface area contributed by atoms with Crippen molar-refractivity contribution in [2.75, 3.05) is 25.5 Å². The number of anilines is 1. The highest BCUT2D eigenvalue weighted by Gasteiger charge is 2.04. The normalized spacial score (nSPS) is 12.2. The number of nitrogens with two attached hydrogens (primary N) is 1. The quantitative estimate of drug-likeness (QED) is 0.807. The number of methoxy groups -OCH3 is 1. The van der Waals surface area contributed by atoms with Crippen LogP contribution in [0.25, 0.3) is 0 Å². The Morgan fingerprint density at radius 3 is 2.88 bits per heavy atom. The van der Waals surface area contributed by atoms with Crippen molar-refractivity contribution in [3.8, 4) is 5.75 Å².